The summed E-state index contributed by atoms with van der Waals surface area (Å²) in [6, 6.07) is 3.98. The Hall–Kier alpha value is -1.27. The fraction of sp³-hybridized carbons (Fsp3) is 0.300. The van der Waals surface area contributed by atoms with E-state index in [1.54, 1.807) is 0 Å². The number of rotatable bonds is 4. The van der Waals surface area contributed by atoms with Crippen LogP contribution in [0.5, 0.6) is 11.5 Å². The molecule has 0 aliphatic heterocycles. The lowest BCUT2D eigenvalue weighted by Crippen LogP contribution is -2.11. The van der Waals surface area contributed by atoms with Gasteiger partial charge >= 0.3 is 16.1 Å². The van der Waals surface area contributed by atoms with Crippen molar-refractivity contribution in [3.8, 4) is 11.5 Å². The molecule has 0 unspecified atom stereocenters. The van der Waals surface area contributed by atoms with Gasteiger partial charge < -0.3 is 8.92 Å². The largest absolute Gasteiger partial charge is 0.427 e. The second-order valence-electron chi connectivity index (χ2n) is 3.15. The molecule has 0 aliphatic carbocycles. The minimum atomic E-state index is -3.63. The third-order valence-corrected chi connectivity index (χ3v) is 3.05. The van der Waals surface area contributed by atoms with Crippen LogP contribution in [0, 0.1) is 0 Å². The number of halogens is 1. The normalized spacial score (nSPS) is 11.0. The molecule has 7 heteroatoms. The monoisotopic (exact) mass is 278 g/mol. The molecule has 1 rings (SSSR count). The van der Waals surface area contributed by atoms with Gasteiger partial charge in [0.2, 0.25) is 0 Å². The summed E-state index contributed by atoms with van der Waals surface area (Å²) in [7, 11) is -3.63. The highest BCUT2D eigenvalue weighted by atomic mass is 35.5. The van der Waals surface area contributed by atoms with Crippen molar-refractivity contribution < 1.29 is 22.1 Å². The SMILES string of the molecule is CCS(=O)(=O)Oc1cc(Cl)cc(OC(C)=O)c1. The van der Waals surface area contributed by atoms with Crippen LogP contribution in [0.1, 0.15) is 13.8 Å². The van der Waals surface area contributed by atoms with Crippen molar-refractivity contribution in [2.75, 3.05) is 5.75 Å². The summed E-state index contributed by atoms with van der Waals surface area (Å²) < 4.78 is 32.0. The van der Waals surface area contributed by atoms with Gasteiger partial charge in [0.1, 0.15) is 11.5 Å². The highest BCUT2D eigenvalue weighted by Gasteiger charge is 2.11. The number of ether oxygens (including phenoxy) is 1. The smallest absolute Gasteiger partial charge is 0.308 e. The first kappa shape index (κ1) is 13.8. The van der Waals surface area contributed by atoms with E-state index in [0.717, 1.165) is 0 Å². The molecule has 17 heavy (non-hydrogen) atoms. The van der Waals surface area contributed by atoms with Crippen LogP contribution in [-0.2, 0) is 14.9 Å². The molecule has 0 amide bonds. The first-order valence-electron chi connectivity index (χ1n) is 4.73. The maximum absolute atomic E-state index is 11.2. The molecule has 0 radical (unpaired) electrons. The fourth-order valence-electron chi connectivity index (χ4n) is 1.02. The minimum Gasteiger partial charge on any atom is -0.427 e. The average molecular weight is 279 g/mol. The summed E-state index contributed by atoms with van der Waals surface area (Å²) >= 11 is 5.74. The fourth-order valence-corrected chi connectivity index (χ4v) is 1.74. The van der Waals surface area contributed by atoms with E-state index in [0.29, 0.717) is 0 Å². The topological polar surface area (TPSA) is 69.7 Å². The van der Waals surface area contributed by atoms with Crippen LogP contribution in [0.4, 0.5) is 0 Å². The number of carbonyl (C=O) groups is 1. The van der Waals surface area contributed by atoms with E-state index in [4.69, 9.17) is 20.5 Å². The zero-order valence-corrected chi connectivity index (χ0v) is 10.8. The van der Waals surface area contributed by atoms with Crippen LogP contribution in [0.2, 0.25) is 5.02 Å². The van der Waals surface area contributed by atoms with Crippen LogP contribution >= 0.6 is 11.6 Å². The number of hydrogen-bond acceptors (Lipinski definition) is 5. The van der Waals surface area contributed by atoms with Gasteiger partial charge in [-0.15, -0.1) is 0 Å². The summed E-state index contributed by atoms with van der Waals surface area (Å²) in [4.78, 5) is 10.8. The number of benzene rings is 1. The molecule has 1 aromatic rings. The van der Waals surface area contributed by atoms with E-state index < -0.39 is 16.1 Å². The molecule has 0 spiro atoms. The molecule has 0 fully saturated rings. The number of hydrogen-bond donors (Lipinski definition) is 0. The summed E-state index contributed by atoms with van der Waals surface area (Å²) in [5.74, 6) is -0.555. The van der Waals surface area contributed by atoms with Crippen LogP contribution in [0.15, 0.2) is 18.2 Å². The van der Waals surface area contributed by atoms with Crippen LogP contribution in [0.25, 0.3) is 0 Å². The Labute approximate surface area is 104 Å². The Morgan fingerprint density at radius 3 is 2.41 bits per heavy atom. The van der Waals surface area contributed by atoms with Gasteiger partial charge in [-0.05, 0) is 13.0 Å². The van der Waals surface area contributed by atoms with Gasteiger partial charge in [-0.25, -0.2) is 0 Å². The zero-order valence-electron chi connectivity index (χ0n) is 9.27. The first-order chi connectivity index (χ1) is 7.82. The lowest BCUT2D eigenvalue weighted by Gasteiger charge is -2.07. The molecular weight excluding hydrogens is 268 g/mol. The summed E-state index contributed by atoms with van der Waals surface area (Å²) in [5.41, 5.74) is 0. The van der Waals surface area contributed by atoms with Crippen molar-refractivity contribution in [1.29, 1.82) is 0 Å². The quantitative estimate of drug-likeness (QED) is 0.479. The molecular formula is C10H11ClO5S. The summed E-state index contributed by atoms with van der Waals surface area (Å²) in [6.07, 6.45) is 0. The van der Waals surface area contributed by atoms with Gasteiger partial charge in [0.15, 0.2) is 0 Å². The van der Waals surface area contributed by atoms with Gasteiger partial charge in [-0.3, -0.25) is 4.79 Å². The highest BCUT2D eigenvalue weighted by molar-refractivity contribution is 7.87. The van der Waals surface area contributed by atoms with Gasteiger partial charge in [0.25, 0.3) is 0 Å². The Balaban J connectivity index is 3.01. The van der Waals surface area contributed by atoms with E-state index >= 15 is 0 Å². The Kier molecular flexibility index (Phi) is 4.36. The van der Waals surface area contributed by atoms with E-state index in [-0.39, 0.29) is 22.3 Å². The third-order valence-electron chi connectivity index (χ3n) is 1.68. The van der Waals surface area contributed by atoms with Crippen molar-refractivity contribution in [3.05, 3.63) is 23.2 Å². The van der Waals surface area contributed by atoms with Crippen molar-refractivity contribution in [2.24, 2.45) is 0 Å². The van der Waals surface area contributed by atoms with Gasteiger partial charge in [0.05, 0.1) is 5.75 Å². The van der Waals surface area contributed by atoms with Crippen LogP contribution in [0.3, 0.4) is 0 Å². The molecule has 0 N–H and O–H groups in total. The van der Waals surface area contributed by atoms with Crippen molar-refractivity contribution in [1.82, 2.24) is 0 Å². The summed E-state index contributed by atoms with van der Waals surface area (Å²) in [6.45, 7) is 2.68. The highest BCUT2D eigenvalue weighted by Crippen LogP contribution is 2.27. The van der Waals surface area contributed by atoms with E-state index in [1.807, 2.05) is 0 Å². The van der Waals surface area contributed by atoms with Crippen LogP contribution < -0.4 is 8.92 Å². The Morgan fingerprint density at radius 2 is 1.88 bits per heavy atom. The lowest BCUT2D eigenvalue weighted by atomic mass is 10.3. The first-order valence-corrected chi connectivity index (χ1v) is 6.69. The maximum Gasteiger partial charge on any atom is 0.308 e. The predicted molar refractivity (Wildman–Crippen MR) is 62.8 cm³/mol. The molecule has 0 aliphatic rings. The van der Waals surface area contributed by atoms with Crippen LogP contribution in [-0.4, -0.2) is 20.1 Å². The molecule has 0 bridgehead atoms. The standard InChI is InChI=1S/C10H11ClO5S/c1-3-17(13,14)16-10-5-8(11)4-9(6-10)15-7(2)12/h4-6H,3H2,1-2H3. The van der Waals surface area contributed by atoms with Crippen molar-refractivity contribution in [3.63, 3.8) is 0 Å². The maximum atomic E-state index is 11.2. The Morgan fingerprint density at radius 1 is 1.29 bits per heavy atom. The Bertz CT molecular complexity index is 523. The van der Waals surface area contributed by atoms with Gasteiger partial charge in [-0.2, -0.15) is 8.42 Å². The number of carbonyl (C=O) groups excluding carboxylic acids is 1. The molecule has 0 heterocycles. The molecule has 94 valence electrons. The molecule has 1 aromatic carbocycles. The second-order valence-corrected chi connectivity index (χ2v) is 5.44. The minimum absolute atomic E-state index is 0.00981. The molecule has 0 atom stereocenters. The number of esters is 1. The lowest BCUT2D eigenvalue weighted by molar-refractivity contribution is -0.131. The molecule has 5 nitrogen and oxygen atoms in total. The predicted octanol–water partition coefficient (Wildman–Crippen LogP) is 1.99. The van der Waals surface area contributed by atoms with Crippen molar-refractivity contribution in [2.45, 2.75) is 13.8 Å². The van der Waals surface area contributed by atoms with Gasteiger partial charge in [0, 0.05) is 24.1 Å². The van der Waals surface area contributed by atoms with Gasteiger partial charge in [-0.1, -0.05) is 11.6 Å². The van der Waals surface area contributed by atoms with E-state index in [2.05, 4.69) is 0 Å². The zero-order chi connectivity index (χ0) is 13.1. The summed E-state index contributed by atoms with van der Waals surface area (Å²) in [5, 5.41) is 0.213. The van der Waals surface area contributed by atoms with E-state index in [9.17, 15) is 13.2 Å². The molecule has 0 saturated heterocycles. The second kappa shape index (κ2) is 5.37. The molecule has 0 aromatic heterocycles. The van der Waals surface area contributed by atoms with E-state index in [1.165, 1.54) is 32.0 Å². The average Bonchev–Trinajstić information content (AvgIpc) is 2.14. The van der Waals surface area contributed by atoms with Crippen molar-refractivity contribution >= 4 is 27.7 Å². The third kappa shape index (κ3) is 4.62. The molecule has 0 saturated carbocycles.